The fourth-order valence-electron chi connectivity index (χ4n) is 3.81. The van der Waals surface area contributed by atoms with Gasteiger partial charge in [0.2, 0.25) is 5.91 Å². The van der Waals surface area contributed by atoms with Crippen molar-refractivity contribution >= 4 is 17.7 Å². The third-order valence-electron chi connectivity index (χ3n) is 5.38. The minimum atomic E-state index is -0.762. The number of benzene rings is 2. The van der Waals surface area contributed by atoms with Crippen molar-refractivity contribution < 1.29 is 9.18 Å². The van der Waals surface area contributed by atoms with Crippen LogP contribution in [0.5, 0.6) is 0 Å². The summed E-state index contributed by atoms with van der Waals surface area (Å²) in [6.45, 7) is 0. The highest BCUT2D eigenvalue weighted by atomic mass is 32.2. The van der Waals surface area contributed by atoms with Gasteiger partial charge in [0, 0.05) is 11.3 Å². The van der Waals surface area contributed by atoms with E-state index in [0.717, 1.165) is 30.5 Å². The molecule has 6 nitrogen and oxygen atoms in total. The standard InChI is InChI=1S/C23H22FN5OS/c24-18-11-9-17(10-12-18)21-27-28-22(29(21)19-7-3-1-4-8-19)31-15-20(30)26-23(16-25)13-5-2-6-14-23/h1,3-4,7-12H,2,5-6,13-15H2,(H,26,30). The summed E-state index contributed by atoms with van der Waals surface area (Å²) < 4.78 is 15.2. The van der Waals surface area contributed by atoms with Gasteiger partial charge in [0.25, 0.3) is 0 Å². The molecule has 0 bridgehead atoms. The summed E-state index contributed by atoms with van der Waals surface area (Å²) in [4.78, 5) is 12.6. The number of carbonyl (C=O) groups excluding carboxylic acids is 1. The second kappa shape index (κ2) is 9.31. The topological polar surface area (TPSA) is 83.6 Å². The molecule has 0 radical (unpaired) electrons. The Morgan fingerprint density at radius 3 is 2.48 bits per heavy atom. The van der Waals surface area contributed by atoms with Crippen molar-refractivity contribution in [2.45, 2.75) is 42.8 Å². The molecule has 2 aromatic carbocycles. The van der Waals surface area contributed by atoms with Gasteiger partial charge in [-0.25, -0.2) is 4.39 Å². The van der Waals surface area contributed by atoms with Crippen LogP contribution in [-0.2, 0) is 4.79 Å². The van der Waals surface area contributed by atoms with E-state index in [1.807, 2.05) is 34.9 Å². The molecular formula is C23H22FN5OS. The number of halogens is 1. The summed E-state index contributed by atoms with van der Waals surface area (Å²) in [5.41, 5.74) is 0.803. The molecule has 0 unspecified atom stereocenters. The molecule has 0 aliphatic heterocycles. The Hall–Kier alpha value is -3.18. The van der Waals surface area contributed by atoms with E-state index in [4.69, 9.17) is 0 Å². The van der Waals surface area contributed by atoms with Crippen LogP contribution < -0.4 is 5.32 Å². The first-order valence-electron chi connectivity index (χ1n) is 10.2. The Morgan fingerprint density at radius 1 is 1.10 bits per heavy atom. The molecular weight excluding hydrogens is 413 g/mol. The predicted molar refractivity (Wildman–Crippen MR) is 117 cm³/mol. The molecule has 1 saturated carbocycles. The van der Waals surface area contributed by atoms with E-state index in [2.05, 4.69) is 21.6 Å². The predicted octanol–water partition coefficient (Wildman–Crippen LogP) is 4.51. The number of amides is 1. The van der Waals surface area contributed by atoms with Crippen LogP contribution in [0.15, 0.2) is 59.8 Å². The van der Waals surface area contributed by atoms with Gasteiger partial charge >= 0.3 is 0 Å². The van der Waals surface area contributed by atoms with E-state index in [9.17, 15) is 14.4 Å². The van der Waals surface area contributed by atoms with Crippen molar-refractivity contribution in [1.29, 1.82) is 5.26 Å². The quantitative estimate of drug-likeness (QED) is 0.576. The third-order valence-corrected chi connectivity index (χ3v) is 6.31. The third kappa shape index (κ3) is 4.78. The fourth-order valence-corrected chi connectivity index (χ4v) is 4.56. The van der Waals surface area contributed by atoms with Gasteiger partial charge in [-0.15, -0.1) is 10.2 Å². The molecule has 0 saturated heterocycles. The smallest absolute Gasteiger partial charge is 0.231 e. The molecule has 3 aromatic rings. The normalized spacial score (nSPS) is 15.2. The van der Waals surface area contributed by atoms with Gasteiger partial charge in [-0.1, -0.05) is 49.2 Å². The fraction of sp³-hybridized carbons (Fsp3) is 0.304. The zero-order chi connectivity index (χ0) is 21.7. The maximum atomic E-state index is 13.4. The molecule has 0 atom stereocenters. The highest BCUT2D eigenvalue weighted by Gasteiger charge is 2.33. The monoisotopic (exact) mass is 435 g/mol. The molecule has 8 heteroatoms. The van der Waals surface area contributed by atoms with Crippen molar-refractivity contribution in [1.82, 2.24) is 20.1 Å². The number of nitrogens with zero attached hydrogens (tertiary/aromatic N) is 4. The van der Waals surface area contributed by atoms with Gasteiger partial charge in [-0.3, -0.25) is 9.36 Å². The summed E-state index contributed by atoms with van der Waals surface area (Å²) in [7, 11) is 0. The van der Waals surface area contributed by atoms with Crippen molar-refractivity contribution in [2.24, 2.45) is 0 Å². The van der Waals surface area contributed by atoms with Gasteiger partial charge in [0.15, 0.2) is 11.0 Å². The van der Waals surface area contributed by atoms with Crippen LogP contribution in [-0.4, -0.2) is 32.0 Å². The van der Waals surface area contributed by atoms with E-state index >= 15 is 0 Å². The number of nitrogens with one attached hydrogen (secondary N) is 1. The Kier molecular flexibility index (Phi) is 6.33. The lowest BCUT2D eigenvalue weighted by Gasteiger charge is -2.31. The number of nitriles is 1. The number of rotatable bonds is 6. The number of thioether (sulfide) groups is 1. The summed E-state index contributed by atoms with van der Waals surface area (Å²) in [5, 5.41) is 21.7. The molecule has 4 rings (SSSR count). The lowest BCUT2D eigenvalue weighted by atomic mass is 9.83. The lowest BCUT2D eigenvalue weighted by Crippen LogP contribution is -2.49. The molecule has 1 N–H and O–H groups in total. The zero-order valence-electron chi connectivity index (χ0n) is 16.9. The molecule has 31 heavy (non-hydrogen) atoms. The van der Waals surface area contributed by atoms with E-state index in [-0.39, 0.29) is 17.5 Å². The largest absolute Gasteiger partial charge is 0.337 e. The van der Waals surface area contributed by atoms with Crippen LogP contribution in [0, 0.1) is 17.1 Å². The Morgan fingerprint density at radius 2 is 1.81 bits per heavy atom. The number of hydrogen-bond donors (Lipinski definition) is 1. The van der Waals surface area contributed by atoms with Crippen LogP contribution in [0.3, 0.4) is 0 Å². The van der Waals surface area contributed by atoms with E-state index in [0.29, 0.717) is 23.8 Å². The average Bonchev–Trinajstić information content (AvgIpc) is 3.23. The van der Waals surface area contributed by atoms with Gasteiger partial charge in [-0.05, 0) is 49.2 Å². The second-order valence-corrected chi connectivity index (χ2v) is 8.52. The summed E-state index contributed by atoms with van der Waals surface area (Å²) in [6.07, 6.45) is 4.37. The molecule has 1 heterocycles. The van der Waals surface area contributed by atoms with Crippen LogP contribution in [0.1, 0.15) is 32.1 Å². The van der Waals surface area contributed by atoms with Gasteiger partial charge < -0.3 is 5.32 Å². The van der Waals surface area contributed by atoms with Crippen LogP contribution >= 0.6 is 11.8 Å². The van der Waals surface area contributed by atoms with E-state index < -0.39 is 5.54 Å². The highest BCUT2D eigenvalue weighted by molar-refractivity contribution is 7.99. The Balaban J connectivity index is 1.56. The lowest BCUT2D eigenvalue weighted by molar-refractivity contribution is -0.120. The van der Waals surface area contributed by atoms with Crippen molar-refractivity contribution in [3.63, 3.8) is 0 Å². The highest BCUT2D eigenvalue weighted by Crippen LogP contribution is 2.30. The number of para-hydroxylation sites is 1. The van der Waals surface area contributed by atoms with Gasteiger partial charge in [0.05, 0.1) is 11.8 Å². The van der Waals surface area contributed by atoms with Crippen LogP contribution in [0.4, 0.5) is 4.39 Å². The number of aromatic nitrogens is 3. The van der Waals surface area contributed by atoms with E-state index in [1.165, 1.54) is 23.9 Å². The number of hydrogen-bond acceptors (Lipinski definition) is 5. The van der Waals surface area contributed by atoms with Crippen molar-refractivity contribution in [3.8, 4) is 23.1 Å². The summed E-state index contributed by atoms with van der Waals surface area (Å²) >= 11 is 1.26. The first-order valence-corrected chi connectivity index (χ1v) is 11.2. The average molecular weight is 436 g/mol. The molecule has 158 valence electrons. The van der Waals surface area contributed by atoms with Crippen molar-refractivity contribution in [3.05, 3.63) is 60.4 Å². The van der Waals surface area contributed by atoms with E-state index in [1.54, 1.807) is 12.1 Å². The maximum absolute atomic E-state index is 13.4. The van der Waals surface area contributed by atoms with Crippen molar-refractivity contribution in [2.75, 3.05) is 5.75 Å². The molecule has 0 spiro atoms. The first-order chi connectivity index (χ1) is 15.1. The SMILES string of the molecule is N#CC1(NC(=O)CSc2nnc(-c3ccc(F)cc3)n2-c2ccccc2)CCCCC1. The molecule has 1 aliphatic carbocycles. The molecule has 1 amide bonds. The zero-order valence-corrected chi connectivity index (χ0v) is 17.7. The molecule has 1 aromatic heterocycles. The Labute approximate surface area is 184 Å². The van der Waals surface area contributed by atoms with Crippen LogP contribution in [0.2, 0.25) is 0 Å². The number of carbonyl (C=O) groups is 1. The molecule has 1 aliphatic rings. The summed E-state index contributed by atoms with van der Waals surface area (Å²) in [5.74, 6) is 0.168. The minimum absolute atomic E-state index is 0.123. The first kappa shape index (κ1) is 21.1. The van der Waals surface area contributed by atoms with Crippen LogP contribution in [0.25, 0.3) is 17.1 Å². The second-order valence-electron chi connectivity index (χ2n) is 7.58. The maximum Gasteiger partial charge on any atom is 0.231 e. The minimum Gasteiger partial charge on any atom is -0.337 e. The summed E-state index contributed by atoms with van der Waals surface area (Å²) in [6, 6.07) is 18.0. The van der Waals surface area contributed by atoms with Gasteiger partial charge in [-0.2, -0.15) is 5.26 Å². The van der Waals surface area contributed by atoms with Gasteiger partial charge in [0.1, 0.15) is 11.4 Å². The molecule has 1 fully saturated rings. The Bertz CT molecular complexity index is 1090.